The van der Waals surface area contributed by atoms with Crippen molar-refractivity contribution in [1.29, 1.82) is 0 Å². The van der Waals surface area contributed by atoms with E-state index in [1.54, 1.807) is 0 Å². The van der Waals surface area contributed by atoms with E-state index < -0.39 is 0 Å². The largest absolute Gasteiger partial charge is 0.297 e. The summed E-state index contributed by atoms with van der Waals surface area (Å²) in [6.45, 7) is 8.45. The van der Waals surface area contributed by atoms with Crippen LogP contribution >= 0.6 is 0 Å². The van der Waals surface area contributed by atoms with Gasteiger partial charge in [-0.25, -0.2) is 0 Å². The number of rotatable bonds is 2. The minimum absolute atomic E-state index is 0.844. The van der Waals surface area contributed by atoms with Gasteiger partial charge in [-0.1, -0.05) is 20.8 Å². The van der Waals surface area contributed by atoms with Gasteiger partial charge >= 0.3 is 0 Å². The van der Waals surface area contributed by atoms with E-state index in [4.69, 9.17) is 0 Å². The lowest BCUT2D eigenvalue weighted by atomic mass is 9.92. The molecule has 2 saturated heterocycles. The van der Waals surface area contributed by atoms with Gasteiger partial charge in [-0.3, -0.25) is 4.90 Å². The average Bonchev–Trinajstić information content (AvgIpc) is 2.32. The molecule has 2 atom stereocenters. The molecule has 76 valence electrons. The Kier molecular flexibility index (Phi) is 2.64. The fourth-order valence-corrected chi connectivity index (χ4v) is 3.27. The van der Waals surface area contributed by atoms with Gasteiger partial charge in [0, 0.05) is 18.6 Å². The third kappa shape index (κ3) is 1.90. The van der Waals surface area contributed by atoms with E-state index in [1.165, 1.54) is 32.2 Å². The van der Waals surface area contributed by atoms with Crippen molar-refractivity contribution in [2.75, 3.05) is 6.54 Å². The van der Waals surface area contributed by atoms with E-state index in [0.717, 1.165) is 23.9 Å². The highest BCUT2D eigenvalue weighted by molar-refractivity contribution is 4.94. The zero-order chi connectivity index (χ0) is 9.42. The third-order valence-corrected chi connectivity index (χ3v) is 3.70. The molecule has 2 aliphatic rings. The number of nitrogens with zero attached hydrogens (tertiary/aromatic N) is 1. The lowest BCUT2D eigenvalue weighted by molar-refractivity contribution is 0.0968. The molecule has 0 amide bonds. The molecule has 2 fully saturated rings. The van der Waals surface area contributed by atoms with Crippen LogP contribution in [0.3, 0.4) is 0 Å². The molecule has 0 aromatic heterocycles. The Bertz CT molecular complexity index is 162. The van der Waals surface area contributed by atoms with Crippen LogP contribution in [-0.2, 0) is 0 Å². The molecule has 13 heavy (non-hydrogen) atoms. The van der Waals surface area contributed by atoms with Crippen LogP contribution in [0, 0.1) is 11.8 Å². The smallest absolute Gasteiger partial charge is 0.0101 e. The standard InChI is InChI=1S/C12H23N/c1-9(2)8-13-11-4-5-12(13)7-10(3)6-11/h9-12H,4-8H2,1-3H3. The van der Waals surface area contributed by atoms with Gasteiger partial charge in [0.25, 0.3) is 0 Å². The molecule has 2 rings (SSSR count). The highest BCUT2D eigenvalue weighted by Crippen LogP contribution is 2.38. The van der Waals surface area contributed by atoms with Crippen molar-refractivity contribution in [1.82, 2.24) is 4.90 Å². The first-order valence-corrected chi connectivity index (χ1v) is 5.92. The Labute approximate surface area is 82.5 Å². The minimum Gasteiger partial charge on any atom is -0.297 e. The second kappa shape index (κ2) is 3.61. The van der Waals surface area contributed by atoms with Gasteiger partial charge in [0.1, 0.15) is 0 Å². The Morgan fingerprint density at radius 3 is 2.15 bits per heavy atom. The van der Waals surface area contributed by atoms with E-state index in [2.05, 4.69) is 25.7 Å². The first-order chi connectivity index (χ1) is 6.16. The molecule has 2 unspecified atom stereocenters. The monoisotopic (exact) mass is 181 g/mol. The van der Waals surface area contributed by atoms with Crippen LogP contribution in [0.25, 0.3) is 0 Å². The van der Waals surface area contributed by atoms with Crippen LogP contribution < -0.4 is 0 Å². The van der Waals surface area contributed by atoms with Crippen LogP contribution in [0.5, 0.6) is 0 Å². The highest BCUT2D eigenvalue weighted by Gasteiger charge is 2.38. The summed E-state index contributed by atoms with van der Waals surface area (Å²) < 4.78 is 0. The summed E-state index contributed by atoms with van der Waals surface area (Å²) in [5.41, 5.74) is 0. The lowest BCUT2D eigenvalue weighted by Gasteiger charge is -2.38. The molecule has 0 radical (unpaired) electrons. The van der Waals surface area contributed by atoms with Crippen LogP contribution in [0.2, 0.25) is 0 Å². The molecule has 1 nitrogen and oxygen atoms in total. The quantitative estimate of drug-likeness (QED) is 0.633. The van der Waals surface area contributed by atoms with Crippen molar-refractivity contribution in [3.8, 4) is 0 Å². The van der Waals surface area contributed by atoms with Crippen LogP contribution in [-0.4, -0.2) is 23.5 Å². The van der Waals surface area contributed by atoms with Gasteiger partial charge in [-0.2, -0.15) is 0 Å². The maximum absolute atomic E-state index is 2.80. The van der Waals surface area contributed by atoms with Crippen molar-refractivity contribution in [2.24, 2.45) is 11.8 Å². The van der Waals surface area contributed by atoms with E-state index in [1.807, 2.05) is 0 Å². The molecule has 0 aromatic rings. The molecule has 2 aliphatic heterocycles. The average molecular weight is 181 g/mol. The number of fused-ring (bicyclic) bond motifs is 2. The summed E-state index contributed by atoms with van der Waals surface area (Å²) in [6.07, 6.45) is 5.87. The molecule has 0 spiro atoms. The van der Waals surface area contributed by atoms with Crippen molar-refractivity contribution in [3.05, 3.63) is 0 Å². The fraction of sp³-hybridized carbons (Fsp3) is 1.00. The summed E-state index contributed by atoms with van der Waals surface area (Å²) in [7, 11) is 0. The van der Waals surface area contributed by atoms with Gasteiger partial charge in [0.2, 0.25) is 0 Å². The van der Waals surface area contributed by atoms with Crippen molar-refractivity contribution >= 4 is 0 Å². The number of hydrogen-bond donors (Lipinski definition) is 0. The van der Waals surface area contributed by atoms with Crippen LogP contribution in [0.15, 0.2) is 0 Å². The molecule has 0 N–H and O–H groups in total. The maximum atomic E-state index is 2.80. The Morgan fingerprint density at radius 1 is 1.15 bits per heavy atom. The first-order valence-electron chi connectivity index (χ1n) is 5.92. The second-order valence-corrected chi connectivity index (χ2v) is 5.55. The Morgan fingerprint density at radius 2 is 1.69 bits per heavy atom. The minimum atomic E-state index is 0.844. The fourth-order valence-electron chi connectivity index (χ4n) is 3.27. The van der Waals surface area contributed by atoms with Gasteiger partial charge in [-0.05, 0) is 37.5 Å². The van der Waals surface area contributed by atoms with Crippen molar-refractivity contribution < 1.29 is 0 Å². The predicted octanol–water partition coefficient (Wildman–Crippen LogP) is 2.91. The van der Waals surface area contributed by atoms with E-state index in [0.29, 0.717) is 0 Å². The van der Waals surface area contributed by atoms with Gasteiger partial charge in [0.05, 0.1) is 0 Å². The van der Waals surface area contributed by atoms with Gasteiger partial charge < -0.3 is 0 Å². The van der Waals surface area contributed by atoms with E-state index >= 15 is 0 Å². The summed E-state index contributed by atoms with van der Waals surface area (Å²) in [5, 5.41) is 0. The molecule has 1 heteroatoms. The molecular weight excluding hydrogens is 158 g/mol. The first kappa shape index (κ1) is 9.51. The molecule has 2 heterocycles. The molecular formula is C12H23N. The Hall–Kier alpha value is -0.0400. The molecule has 2 bridgehead atoms. The van der Waals surface area contributed by atoms with Crippen LogP contribution in [0.4, 0.5) is 0 Å². The maximum Gasteiger partial charge on any atom is 0.0101 e. The highest BCUT2D eigenvalue weighted by atomic mass is 15.2. The van der Waals surface area contributed by atoms with E-state index in [9.17, 15) is 0 Å². The zero-order valence-electron chi connectivity index (χ0n) is 9.29. The zero-order valence-corrected chi connectivity index (χ0v) is 9.29. The SMILES string of the molecule is CC(C)CN1C2CCC1CC(C)C2. The van der Waals surface area contributed by atoms with Gasteiger partial charge in [-0.15, -0.1) is 0 Å². The topological polar surface area (TPSA) is 3.24 Å². The summed E-state index contributed by atoms with van der Waals surface area (Å²) in [6, 6.07) is 1.88. The number of piperidine rings is 1. The number of hydrogen-bond acceptors (Lipinski definition) is 1. The molecule has 0 aromatic carbocycles. The normalized spacial score (nSPS) is 40.2. The molecule has 0 saturated carbocycles. The second-order valence-electron chi connectivity index (χ2n) is 5.55. The van der Waals surface area contributed by atoms with Gasteiger partial charge in [0.15, 0.2) is 0 Å². The summed E-state index contributed by atoms with van der Waals surface area (Å²) in [4.78, 5) is 2.80. The molecule has 0 aliphatic carbocycles. The Balaban J connectivity index is 1.98. The third-order valence-electron chi connectivity index (χ3n) is 3.70. The van der Waals surface area contributed by atoms with E-state index in [-0.39, 0.29) is 0 Å². The lowest BCUT2D eigenvalue weighted by Crippen LogP contribution is -2.44. The summed E-state index contributed by atoms with van der Waals surface area (Å²) >= 11 is 0. The van der Waals surface area contributed by atoms with Crippen molar-refractivity contribution in [2.45, 2.75) is 58.5 Å². The predicted molar refractivity (Wildman–Crippen MR) is 56.8 cm³/mol. The van der Waals surface area contributed by atoms with Crippen molar-refractivity contribution in [3.63, 3.8) is 0 Å². The summed E-state index contributed by atoms with van der Waals surface area (Å²) in [5.74, 6) is 1.83. The van der Waals surface area contributed by atoms with Crippen LogP contribution in [0.1, 0.15) is 46.5 Å².